The molecule has 0 N–H and O–H groups in total. The highest BCUT2D eigenvalue weighted by Crippen LogP contribution is 2.32. The first kappa shape index (κ1) is 15.4. The van der Waals surface area contributed by atoms with Crippen molar-refractivity contribution in [2.24, 2.45) is 5.41 Å². The van der Waals surface area contributed by atoms with Crippen LogP contribution in [0, 0.1) is 16.7 Å². The molecule has 104 valence electrons. The van der Waals surface area contributed by atoms with Gasteiger partial charge in [0.05, 0.1) is 24.3 Å². The molecular formula is C16H24N2O. The van der Waals surface area contributed by atoms with Crippen LogP contribution in [0.3, 0.4) is 0 Å². The summed E-state index contributed by atoms with van der Waals surface area (Å²) in [5.41, 5.74) is 1.90. The lowest BCUT2D eigenvalue weighted by Crippen LogP contribution is -2.30. The predicted molar refractivity (Wildman–Crippen MR) is 79.7 cm³/mol. The predicted octanol–water partition coefficient (Wildman–Crippen LogP) is 3.80. The molecule has 0 radical (unpaired) electrons. The maximum Gasteiger partial charge on any atom is 0.142 e. The lowest BCUT2D eigenvalue weighted by molar-refractivity contribution is 0.411. The Balaban J connectivity index is 3.04. The van der Waals surface area contributed by atoms with Crippen LogP contribution in [-0.2, 0) is 0 Å². The molecule has 0 aliphatic carbocycles. The minimum atomic E-state index is -0.378. The minimum Gasteiger partial charge on any atom is -0.495 e. The van der Waals surface area contributed by atoms with Gasteiger partial charge in [-0.25, -0.2) is 0 Å². The molecule has 19 heavy (non-hydrogen) atoms. The summed E-state index contributed by atoms with van der Waals surface area (Å²) in [4.78, 5) is 2.08. The normalized spacial score (nSPS) is 11.3. The fourth-order valence-electron chi connectivity index (χ4n) is 2.08. The van der Waals surface area contributed by atoms with E-state index in [0.29, 0.717) is 12.5 Å². The zero-order valence-corrected chi connectivity index (χ0v) is 12.8. The van der Waals surface area contributed by atoms with Crippen LogP contribution in [0.2, 0.25) is 0 Å². The Kier molecular flexibility index (Phi) is 4.83. The Hall–Kier alpha value is -1.69. The number of ether oxygens (including phenoxy) is 1. The summed E-state index contributed by atoms with van der Waals surface area (Å²) in [6, 6.07) is 8.60. The number of hydrogen-bond acceptors (Lipinski definition) is 3. The number of nitriles is 1. The summed E-state index contributed by atoms with van der Waals surface area (Å²) >= 11 is 0. The molecule has 0 fully saturated rings. The first-order valence-corrected chi connectivity index (χ1v) is 6.61. The van der Waals surface area contributed by atoms with E-state index >= 15 is 0 Å². The number of hydrogen-bond donors (Lipinski definition) is 0. The van der Waals surface area contributed by atoms with Crippen molar-refractivity contribution < 1.29 is 4.74 Å². The second kappa shape index (κ2) is 5.97. The van der Waals surface area contributed by atoms with E-state index in [4.69, 9.17) is 10.00 Å². The van der Waals surface area contributed by atoms with Crippen molar-refractivity contribution in [1.82, 2.24) is 0 Å². The fourth-order valence-corrected chi connectivity index (χ4v) is 2.08. The lowest BCUT2D eigenvalue weighted by Gasteiger charge is -2.28. The van der Waals surface area contributed by atoms with E-state index in [2.05, 4.69) is 43.0 Å². The third-order valence-electron chi connectivity index (χ3n) is 3.22. The average Bonchev–Trinajstić information content (AvgIpc) is 2.37. The first-order valence-electron chi connectivity index (χ1n) is 6.61. The third-order valence-corrected chi connectivity index (χ3v) is 3.22. The van der Waals surface area contributed by atoms with Gasteiger partial charge in [0, 0.05) is 13.6 Å². The van der Waals surface area contributed by atoms with Crippen LogP contribution in [0.4, 0.5) is 5.69 Å². The van der Waals surface area contributed by atoms with Gasteiger partial charge in [-0.3, -0.25) is 0 Å². The molecule has 3 nitrogen and oxygen atoms in total. The monoisotopic (exact) mass is 260 g/mol. The molecule has 0 aliphatic heterocycles. The van der Waals surface area contributed by atoms with E-state index < -0.39 is 0 Å². The van der Waals surface area contributed by atoms with Gasteiger partial charge in [-0.05, 0) is 37.5 Å². The number of nitrogens with zero attached hydrogens (tertiary/aromatic N) is 2. The molecular weight excluding hydrogens is 236 g/mol. The van der Waals surface area contributed by atoms with Crippen LogP contribution < -0.4 is 9.64 Å². The van der Waals surface area contributed by atoms with Crippen molar-refractivity contribution in [3.05, 3.63) is 23.8 Å². The molecule has 1 aromatic carbocycles. The lowest BCUT2D eigenvalue weighted by atomic mass is 9.95. The Morgan fingerprint density at radius 2 is 2.00 bits per heavy atom. The third kappa shape index (κ3) is 3.89. The number of benzene rings is 1. The molecule has 0 unspecified atom stereocenters. The van der Waals surface area contributed by atoms with E-state index in [-0.39, 0.29) is 5.41 Å². The van der Waals surface area contributed by atoms with E-state index in [1.165, 1.54) is 5.56 Å². The van der Waals surface area contributed by atoms with Gasteiger partial charge < -0.3 is 9.64 Å². The van der Waals surface area contributed by atoms with Crippen molar-refractivity contribution in [3.63, 3.8) is 0 Å². The van der Waals surface area contributed by atoms with Gasteiger partial charge in [0.25, 0.3) is 0 Å². The van der Waals surface area contributed by atoms with Crippen LogP contribution in [0.15, 0.2) is 18.2 Å². The summed E-state index contributed by atoms with van der Waals surface area (Å²) in [6.45, 7) is 8.88. The minimum absolute atomic E-state index is 0.378. The average molecular weight is 260 g/mol. The quantitative estimate of drug-likeness (QED) is 0.807. The van der Waals surface area contributed by atoms with Gasteiger partial charge in [-0.2, -0.15) is 5.26 Å². The summed E-state index contributed by atoms with van der Waals surface area (Å²) < 4.78 is 5.48. The summed E-state index contributed by atoms with van der Waals surface area (Å²) in [7, 11) is 3.68. The van der Waals surface area contributed by atoms with Crippen LogP contribution in [0.1, 0.15) is 39.2 Å². The molecule has 0 saturated heterocycles. The molecule has 1 rings (SSSR count). The largest absolute Gasteiger partial charge is 0.495 e. The Morgan fingerprint density at radius 3 is 2.47 bits per heavy atom. The van der Waals surface area contributed by atoms with Gasteiger partial charge in [0.2, 0.25) is 0 Å². The van der Waals surface area contributed by atoms with E-state index in [1.807, 2.05) is 20.9 Å². The second-order valence-corrected chi connectivity index (χ2v) is 5.94. The molecule has 0 saturated carbocycles. The summed E-state index contributed by atoms with van der Waals surface area (Å²) in [5.74, 6) is 1.34. The zero-order valence-electron chi connectivity index (χ0n) is 12.8. The smallest absolute Gasteiger partial charge is 0.142 e. The van der Waals surface area contributed by atoms with Crippen molar-refractivity contribution in [3.8, 4) is 11.8 Å². The van der Waals surface area contributed by atoms with Gasteiger partial charge in [-0.15, -0.1) is 0 Å². The van der Waals surface area contributed by atoms with Crippen molar-refractivity contribution in [2.75, 3.05) is 25.6 Å². The highest BCUT2D eigenvalue weighted by atomic mass is 16.5. The summed E-state index contributed by atoms with van der Waals surface area (Å²) in [5, 5.41) is 9.13. The number of anilines is 1. The second-order valence-electron chi connectivity index (χ2n) is 5.94. The van der Waals surface area contributed by atoms with Crippen LogP contribution in [-0.4, -0.2) is 20.7 Å². The highest BCUT2D eigenvalue weighted by Gasteiger charge is 2.21. The van der Waals surface area contributed by atoms with Crippen molar-refractivity contribution >= 4 is 5.69 Å². The molecule has 0 aliphatic rings. The number of rotatable bonds is 5. The van der Waals surface area contributed by atoms with Crippen LogP contribution in [0.5, 0.6) is 5.75 Å². The highest BCUT2D eigenvalue weighted by molar-refractivity contribution is 5.60. The van der Waals surface area contributed by atoms with Crippen molar-refractivity contribution in [2.45, 2.75) is 33.6 Å². The van der Waals surface area contributed by atoms with Crippen LogP contribution >= 0.6 is 0 Å². The number of methoxy groups -OCH3 is 1. The van der Waals surface area contributed by atoms with Gasteiger partial charge in [0.1, 0.15) is 5.75 Å². The van der Waals surface area contributed by atoms with E-state index in [1.54, 1.807) is 7.11 Å². The van der Waals surface area contributed by atoms with Crippen molar-refractivity contribution in [1.29, 1.82) is 5.26 Å². The standard InChI is InChI=1S/C16H24N2O/c1-12(2)13-7-8-14(15(9-13)19-6)18(5)11-16(3,4)10-17/h7-9,12H,11H2,1-6H3. The molecule has 0 aromatic heterocycles. The Morgan fingerprint density at radius 1 is 1.37 bits per heavy atom. The molecule has 0 spiro atoms. The van der Waals surface area contributed by atoms with Gasteiger partial charge >= 0.3 is 0 Å². The van der Waals surface area contributed by atoms with E-state index in [0.717, 1.165) is 11.4 Å². The molecule has 3 heteroatoms. The topological polar surface area (TPSA) is 36.3 Å². The molecule has 0 atom stereocenters. The fraction of sp³-hybridized carbons (Fsp3) is 0.562. The van der Waals surface area contributed by atoms with Gasteiger partial charge in [-0.1, -0.05) is 19.9 Å². The van der Waals surface area contributed by atoms with Gasteiger partial charge in [0.15, 0.2) is 0 Å². The first-order chi connectivity index (χ1) is 8.80. The molecule has 1 aromatic rings. The molecule has 0 amide bonds. The van der Waals surface area contributed by atoms with Crippen LogP contribution in [0.25, 0.3) is 0 Å². The Bertz CT molecular complexity index is 472. The molecule has 0 bridgehead atoms. The SMILES string of the molecule is COc1cc(C(C)C)ccc1N(C)CC(C)(C)C#N. The Labute approximate surface area is 116 Å². The maximum atomic E-state index is 9.13. The van der Waals surface area contributed by atoms with E-state index in [9.17, 15) is 0 Å². The maximum absolute atomic E-state index is 9.13. The zero-order chi connectivity index (χ0) is 14.6. The summed E-state index contributed by atoms with van der Waals surface area (Å²) in [6.07, 6.45) is 0. The molecule has 0 heterocycles.